The smallest absolute Gasteiger partial charge is 0.136 e. The first kappa shape index (κ1) is 32.6. The first-order valence-electron chi connectivity index (χ1n) is 20.3. The van der Waals surface area contributed by atoms with Crippen molar-refractivity contribution in [3.05, 3.63) is 169 Å². The standard InChI is InChI=1S/C54H42N2O/c1-53(2)25-26-54(3,4)45-32-49-41(29-44(45)53)42-30-48-43(31-47(42)55(49)36-15-6-5-7-16-36)52-38-18-9-8-13-33(38)22-24-46(52)56(48)37-17-12-14-34(27-37)35-21-23-40-39-19-10-11-20-50(39)57-51(40)28-35/h5-24,27-32H,25-26H2,1-4H3. The van der Waals surface area contributed by atoms with Gasteiger partial charge in [-0.2, -0.15) is 0 Å². The Morgan fingerprint density at radius 1 is 0.404 bits per heavy atom. The summed E-state index contributed by atoms with van der Waals surface area (Å²) in [5.74, 6) is 0. The Labute approximate surface area is 331 Å². The third-order valence-corrected chi connectivity index (χ3v) is 13.3. The van der Waals surface area contributed by atoms with Crippen LogP contribution in [-0.4, -0.2) is 9.13 Å². The van der Waals surface area contributed by atoms with Crippen molar-refractivity contribution in [2.75, 3.05) is 0 Å². The van der Waals surface area contributed by atoms with Crippen LogP contribution in [0.4, 0.5) is 0 Å². The van der Waals surface area contributed by atoms with E-state index in [0.29, 0.717) is 0 Å². The molecular weight excluding hydrogens is 693 g/mol. The van der Waals surface area contributed by atoms with Gasteiger partial charge in [-0.15, -0.1) is 0 Å². The van der Waals surface area contributed by atoms with Gasteiger partial charge in [0.15, 0.2) is 0 Å². The van der Waals surface area contributed by atoms with E-state index in [1.165, 1.54) is 84.0 Å². The minimum absolute atomic E-state index is 0.101. The first-order chi connectivity index (χ1) is 27.7. The highest BCUT2D eigenvalue weighted by Gasteiger charge is 2.38. The van der Waals surface area contributed by atoms with Gasteiger partial charge in [0.25, 0.3) is 0 Å². The van der Waals surface area contributed by atoms with E-state index in [1.54, 1.807) is 0 Å². The summed E-state index contributed by atoms with van der Waals surface area (Å²) in [6.45, 7) is 9.73. The normalized spacial score (nSPS) is 15.2. The topological polar surface area (TPSA) is 23.0 Å². The summed E-state index contributed by atoms with van der Waals surface area (Å²) >= 11 is 0. The molecular formula is C54H42N2O. The van der Waals surface area contributed by atoms with Gasteiger partial charge in [-0.05, 0) is 129 Å². The molecule has 0 aliphatic heterocycles. The van der Waals surface area contributed by atoms with Crippen LogP contribution in [0.25, 0.3) is 98.8 Å². The molecule has 3 aromatic heterocycles. The molecule has 0 fully saturated rings. The molecule has 1 aliphatic carbocycles. The Morgan fingerprint density at radius 2 is 1.02 bits per heavy atom. The lowest BCUT2D eigenvalue weighted by molar-refractivity contribution is 0.332. The van der Waals surface area contributed by atoms with E-state index < -0.39 is 0 Å². The molecule has 3 nitrogen and oxygen atoms in total. The molecule has 8 aromatic carbocycles. The number of nitrogens with zero attached hydrogens (tertiary/aromatic N) is 2. The number of fused-ring (bicyclic) bond motifs is 12. The molecule has 0 spiro atoms. The molecule has 0 N–H and O–H groups in total. The molecule has 0 unspecified atom stereocenters. The lowest BCUT2D eigenvalue weighted by Crippen LogP contribution is -2.33. The van der Waals surface area contributed by atoms with Gasteiger partial charge in [-0.3, -0.25) is 0 Å². The number of hydrogen-bond acceptors (Lipinski definition) is 1. The van der Waals surface area contributed by atoms with E-state index in [2.05, 4.69) is 182 Å². The summed E-state index contributed by atoms with van der Waals surface area (Å²) in [4.78, 5) is 0. The molecule has 11 aromatic rings. The summed E-state index contributed by atoms with van der Waals surface area (Å²) in [7, 11) is 0. The van der Waals surface area contributed by atoms with Gasteiger partial charge in [0.05, 0.1) is 22.1 Å². The SMILES string of the molecule is CC1(C)CCC(C)(C)c2cc3c(cc21)c1cc2c(cc1n3-c1ccccc1)c1c3ccccc3ccc1n2-c1cccc(-c2ccc3c(c2)oc2ccccc23)c1. The first-order valence-corrected chi connectivity index (χ1v) is 20.3. The summed E-state index contributed by atoms with van der Waals surface area (Å²) < 4.78 is 11.4. The van der Waals surface area contributed by atoms with Gasteiger partial charge in [-0.25, -0.2) is 0 Å². The van der Waals surface area contributed by atoms with E-state index >= 15 is 0 Å². The van der Waals surface area contributed by atoms with Crippen LogP contribution in [0.2, 0.25) is 0 Å². The lowest BCUT2D eigenvalue weighted by atomic mass is 9.63. The van der Waals surface area contributed by atoms with Crippen LogP contribution < -0.4 is 0 Å². The Bertz CT molecular complexity index is 3460. The lowest BCUT2D eigenvalue weighted by Gasteiger charge is -2.42. The molecule has 0 saturated carbocycles. The van der Waals surface area contributed by atoms with Crippen molar-refractivity contribution in [3.63, 3.8) is 0 Å². The fraction of sp³-hybridized carbons (Fsp3) is 0.148. The van der Waals surface area contributed by atoms with Gasteiger partial charge < -0.3 is 13.6 Å². The van der Waals surface area contributed by atoms with Gasteiger partial charge in [0.1, 0.15) is 11.2 Å². The molecule has 12 rings (SSSR count). The van der Waals surface area contributed by atoms with Crippen LogP contribution in [0.3, 0.4) is 0 Å². The van der Waals surface area contributed by atoms with E-state index in [1.807, 2.05) is 12.1 Å². The highest BCUT2D eigenvalue weighted by Crippen LogP contribution is 2.49. The Kier molecular flexibility index (Phi) is 6.58. The van der Waals surface area contributed by atoms with Crippen molar-refractivity contribution in [1.82, 2.24) is 9.13 Å². The highest BCUT2D eigenvalue weighted by molar-refractivity contribution is 6.25. The Morgan fingerprint density at radius 3 is 1.86 bits per heavy atom. The predicted octanol–water partition coefficient (Wildman–Crippen LogP) is 14.9. The van der Waals surface area contributed by atoms with Gasteiger partial charge in [-0.1, -0.05) is 113 Å². The molecule has 0 atom stereocenters. The third kappa shape index (κ3) is 4.66. The summed E-state index contributed by atoms with van der Waals surface area (Å²) in [5.41, 5.74) is 14.6. The minimum atomic E-state index is 0.101. The third-order valence-electron chi connectivity index (χ3n) is 13.3. The van der Waals surface area contributed by atoms with Gasteiger partial charge in [0, 0.05) is 43.7 Å². The maximum atomic E-state index is 6.33. The molecule has 0 bridgehead atoms. The van der Waals surface area contributed by atoms with Gasteiger partial charge >= 0.3 is 0 Å². The number of aromatic nitrogens is 2. The average Bonchev–Trinajstić information content (AvgIpc) is 3.88. The van der Waals surface area contributed by atoms with Crippen LogP contribution in [0.15, 0.2) is 162 Å². The van der Waals surface area contributed by atoms with Crippen LogP contribution in [0.5, 0.6) is 0 Å². The van der Waals surface area contributed by atoms with E-state index in [-0.39, 0.29) is 10.8 Å². The second-order valence-electron chi connectivity index (χ2n) is 17.6. The minimum Gasteiger partial charge on any atom is -0.456 e. The average molecular weight is 735 g/mol. The van der Waals surface area contributed by atoms with E-state index in [9.17, 15) is 0 Å². The van der Waals surface area contributed by atoms with E-state index in [0.717, 1.165) is 38.8 Å². The summed E-state index contributed by atoms with van der Waals surface area (Å²) in [5, 5.41) is 9.95. The second kappa shape index (κ2) is 11.5. The Balaban J connectivity index is 1.18. The second-order valence-corrected chi connectivity index (χ2v) is 17.6. The van der Waals surface area contributed by atoms with Crippen molar-refractivity contribution in [1.29, 1.82) is 0 Å². The molecule has 3 heteroatoms. The Hall–Kier alpha value is -6.58. The quantitative estimate of drug-likeness (QED) is 0.177. The molecule has 0 saturated heterocycles. The van der Waals surface area contributed by atoms with Crippen molar-refractivity contribution < 1.29 is 4.42 Å². The fourth-order valence-electron chi connectivity index (χ4n) is 10.2. The number of hydrogen-bond donors (Lipinski definition) is 0. The van der Waals surface area contributed by atoms with Gasteiger partial charge in [0.2, 0.25) is 0 Å². The maximum absolute atomic E-state index is 6.33. The fourth-order valence-corrected chi connectivity index (χ4v) is 10.2. The number of benzene rings is 8. The van der Waals surface area contributed by atoms with Crippen LogP contribution >= 0.6 is 0 Å². The maximum Gasteiger partial charge on any atom is 0.136 e. The van der Waals surface area contributed by atoms with Crippen molar-refractivity contribution >= 4 is 76.3 Å². The monoisotopic (exact) mass is 734 g/mol. The summed E-state index contributed by atoms with van der Waals surface area (Å²) in [6.07, 6.45) is 2.36. The molecule has 1 aliphatic rings. The van der Waals surface area contributed by atoms with E-state index in [4.69, 9.17) is 4.42 Å². The van der Waals surface area contributed by atoms with Crippen molar-refractivity contribution in [2.24, 2.45) is 0 Å². The van der Waals surface area contributed by atoms with Crippen molar-refractivity contribution in [3.8, 4) is 22.5 Å². The zero-order valence-corrected chi connectivity index (χ0v) is 32.7. The van der Waals surface area contributed by atoms with Crippen LogP contribution in [-0.2, 0) is 10.8 Å². The zero-order valence-electron chi connectivity index (χ0n) is 32.7. The zero-order chi connectivity index (χ0) is 38.2. The highest BCUT2D eigenvalue weighted by atomic mass is 16.3. The van der Waals surface area contributed by atoms with Crippen LogP contribution in [0, 0.1) is 0 Å². The number of para-hydroxylation sites is 2. The molecule has 0 radical (unpaired) electrons. The molecule has 3 heterocycles. The number of furan rings is 1. The van der Waals surface area contributed by atoms with Crippen LogP contribution in [0.1, 0.15) is 51.7 Å². The molecule has 57 heavy (non-hydrogen) atoms. The van der Waals surface area contributed by atoms with Crippen molar-refractivity contribution in [2.45, 2.75) is 51.4 Å². The molecule has 274 valence electrons. The predicted molar refractivity (Wildman–Crippen MR) is 241 cm³/mol. The largest absolute Gasteiger partial charge is 0.456 e. The molecule has 0 amide bonds. The number of rotatable bonds is 3. The summed E-state index contributed by atoms with van der Waals surface area (Å²) in [6, 6.07) is 58.4.